The van der Waals surface area contributed by atoms with Crippen molar-refractivity contribution in [2.45, 2.75) is 38.8 Å². The third-order valence-corrected chi connectivity index (χ3v) is 4.16. The first-order valence-corrected chi connectivity index (χ1v) is 6.93. The van der Waals surface area contributed by atoms with Crippen LogP contribution in [0.1, 0.15) is 26.3 Å². The lowest BCUT2D eigenvalue weighted by molar-refractivity contribution is -0.00966. The maximum atomic E-state index is 13.5. The Bertz CT molecular complexity index is 395. The topological polar surface area (TPSA) is 21.3 Å². The molecule has 0 spiro atoms. The molecule has 0 saturated carbocycles. The van der Waals surface area contributed by atoms with Gasteiger partial charge in [0, 0.05) is 13.2 Å². The molecule has 0 saturated heterocycles. The number of hydrogen-bond donors (Lipinski definition) is 1. The number of ether oxygens (including phenoxy) is 1. The predicted molar refractivity (Wildman–Crippen MR) is 76.4 cm³/mol. The average Bonchev–Trinajstić information content (AvgIpc) is 2.34. The highest BCUT2D eigenvalue weighted by molar-refractivity contribution is 9.10. The van der Waals surface area contributed by atoms with Crippen molar-refractivity contribution in [1.29, 1.82) is 0 Å². The minimum Gasteiger partial charge on any atom is -0.377 e. The Morgan fingerprint density at radius 1 is 1.44 bits per heavy atom. The van der Waals surface area contributed by atoms with E-state index in [4.69, 9.17) is 4.74 Å². The number of hydrogen-bond acceptors (Lipinski definition) is 2. The summed E-state index contributed by atoms with van der Waals surface area (Å²) in [6.07, 6.45) is 0.715. The fraction of sp³-hybridized carbons (Fsp3) is 0.571. The van der Waals surface area contributed by atoms with E-state index in [1.807, 2.05) is 19.9 Å². The summed E-state index contributed by atoms with van der Waals surface area (Å²) in [6.45, 7) is 6.98. The quantitative estimate of drug-likeness (QED) is 0.866. The van der Waals surface area contributed by atoms with Gasteiger partial charge in [-0.3, -0.25) is 0 Å². The minimum absolute atomic E-state index is 0.130. The molecule has 0 aromatic heterocycles. The van der Waals surface area contributed by atoms with Gasteiger partial charge in [-0.15, -0.1) is 0 Å². The molecule has 1 unspecified atom stereocenters. The van der Waals surface area contributed by atoms with Gasteiger partial charge in [-0.2, -0.15) is 0 Å². The van der Waals surface area contributed by atoms with Crippen LogP contribution in [0.5, 0.6) is 0 Å². The second-order valence-corrected chi connectivity index (χ2v) is 5.63. The summed E-state index contributed by atoms with van der Waals surface area (Å²) in [6, 6.07) is 5.25. The van der Waals surface area contributed by atoms with E-state index in [9.17, 15) is 4.39 Å². The lowest BCUT2D eigenvalue weighted by atomic mass is 9.92. The first-order valence-electron chi connectivity index (χ1n) is 6.13. The van der Waals surface area contributed by atoms with Crippen molar-refractivity contribution in [2.24, 2.45) is 0 Å². The molecule has 0 aliphatic heterocycles. The maximum Gasteiger partial charge on any atom is 0.137 e. The Morgan fingerprint density at radius 3 is 2.67 bits per heavy atom. The number of halogens is 2. The summed E-state index contributed by atoms with van der Waals surface area (Å²) in [4.78, 5) is 0. The number of rotatable bonds is 6. The van der Waals surface area contributed by atoms with Crippen LogP contribution in [0.25, 0.3) is 0 Å². The van der Waals surface area contributed by atoms with Gasteiger partial charge in [0.2, 0.25) is 0 Å². The highest BCUT2D eigenvalue weighted by Gasteiger charge is 2.29. The third kappa shape index (κ3) is 3.77. The third-order valence-electron chi connectivity index (χ3n) is 3.27. The fourth-order valence-corrected chi connectivity index (χ4v) is 2.30. The molecule has 1 atom stereocenters. The van der Waals surface area contributed by atoms with E-state index in [1.165, 1.54) is 6.07 Å². The molecule has 0 aliphatic rings. The van der Waals surface area contributed by atoms with Crippen molar-refractivity contribution in [2.75, 3.05) is 13.7 Å². The first-order chi connectivity index (χ1) is 8.42. The molecule has 1 aromatic rings. The van der Waals surface area contributed by atoms with Crippen molar-refractivity contribution in [3.63, 3.8) is 0 Å². The standard InChI is InChI=1S/C14H21BrFNO/c1-5-17-12(14(2,3)18-4)9-10-7-6-8-11(16)13(10)15/h6-8,12,17H,5,9H2,1-4H3. The molecule has 0 amide bonds. The van der Waals surface area contributed by atoms with Crippen LogP contribution in [0, 0.1) is 5.82 Å². The largest absolute Gasteiger partial charge is 0.377 e. The van der Waals surface area contributed by atoms with Crippen LogP contribution in [-0.2, 0) is 11.2 Å². The zero-order valence-corrected chi connectivity index (χ0v) is 13.0. The Labute approximate surface area is 117 Å². The molecule has 2 nitrogen and oxygen atoms in total. The minimum atomic E-state index is -0.304. The second kappa shape index (κ2) is 6.64. The smallest absolute Gasteiger partial charge is 0.137 e. The Kier molecular flexibility index (Phi) is 5.76. The molecule has 4 heteroatoms. The fourth-order valence-electron chi connectivity index (χ4n) is 1.88. The van der Waals surface area contributed by atoms with Crippen LogP contribution in [0.4, 0.5) is 4.39 Å². The molecular weight excluding hydrogens is 297 g/mol. The molecule has 0 bridgehead atoms. The van der Waals surface area contributed by atoms with Gasteiger partial charge in [-0.1, -0.05) is 19.1 Å². The predicted octanol–water partition coefficient (Wildman–Crippen LogP) is 3.53. The van der Waals surface area contributed by atoms with E-state index in [2.05, 4.69) is 28.2 Å². The average molecular weight is 318 g/mol. The molecule has 1 rings (SSSR count). The van der Waals surface area contributed by atoms with Crippen molar-refractivity contribution >= 4 is 15.9 Å². The van der Waals surface area contributed by atoms with Crippen LogP contribution < -0.4 is 5.32 Å². The summed E-state index contributed by atoms with van der Waals surface area (Å²) >= 11 is 3.30. The molecule has 1 aromatic carbocycles. The van der Waals surface area contributed by atoms with Gasteiger partial charge in [-0.25, -0.2) is 4.39 Å². The van der Waals surface area contributed by atoms with Crippen LogP contribution in [-0.4, -0.2) is 25.3 Å². The van der Waals surface area contributed by atoms with E-state index in [0.29, 0.717) is 10.9 Å². The van der Waals surface area contributed by atoms with E-state index >= 15 is 0 Å². The molecule has 1 N–H and O–H groups in total. The lowest BCUT2D eigenvalue weighted by Crippen LogP contribution is -2.49. The van der Waals surface area contributed by atoms with Gasteiger partial charge >= 0.3 is 0 Å². The highest BCUT2D eigenvalue weighted by atomic mass is 79.9. The first kappa shape index (κ1) is 15.6. The van der Waals surface area contributed by atoms with Gasteiger partial charge < -0.3 is 10.1 Å². The summed E-state index contributed by atoms with van der Waals surface area (Å²) in [7, 11) is 1.70. The number of methoxy groups -OCH3 is 1. The van der Waals surface area contributed by atoms with Gasteiger partial charge in [0.05, 0.1) is 10.1 Å². The van der Waals surface area contributed by atoms with Crippen molar-refractivity contribution < 1.29 is 9.13 Å². The zero-order valence-electron chi connectivity index (χ0n) is 11.4. The number of benzene rings is 1. The second-order valence-electron chi connectivity index (χ2n) is 4.83. The molecular formula is C14H21BrFNO. The number of nitrogens with one attached hydrogen (secondary N) is 1. The summed E-state index contributed by atoms with van der Waals surface area (Å²) in [5.41, 5.74) is 0.646. The van der Waals surface area contributed by atoms with Gasteiger partial charge in [0.15, 0.2) is 0 Å². The molecule has 102 valence electrons. The van der Waals surface area contributed by atoms with Crippen molar-refractivity contribution in [1.82, 2.24) is 5.32 Å². The molecule has 0 heterocycles. The Balaban J connectivity index is 2.93. The Morgan fingerprint density at radius 2 is 2.11 bits per heavy atom. The van der Waals surface area contributed by atoms with E-state index in [0.717, 1.165) is 12.1 Å². The molecule has 0 fully saturated rings. The molecule has 18 heavy (non-hydrogen) atoms. The van der Waals surface area contributed by atoms with E-state index < -0.39 is 0 Å². The highest BCUT2D eigenvalue weighted by Crippen LogP contribution is 2.25. The molecule has 0 radical (unpaired) electrons. The zero-order chi connectivity index (χ0) is 13.8. The van der Waals surface area contributed by atoms with Crippen LogP contribution in [0.15, 0.2) is 22.7 Å². The van der Waals surface area contributed by atoms with E-state index in [-0.39, 0.29) is 17.5 Å². The SMILES string of the molecule is CCNC(Cc1cccc(F)c1Br)C(C)(C)OC. The van der Waals surface area contributed by atoms with Crippen molar-refractivity contribution in [3.05, 3.63) is 34.1 Å². The van der Waals surface area contributed by atoms with Crippen LogP contribution in [0.3, 0.4) is 0 Å². The molecule has 0 aliphatic carbocycles. The maximum absolute atomic E-state index is 13.5. The van der Waals surface area contributed by atoms with Crippen molar-refractivity contribution in [3.8, 4) is 0 Å². The summed E-state index contributed by atoms with van der Waals surface area (Å²) in [5.74, 6) is -0.224. The Hall–Kier alpha value is -0.450. The van der Waals surface area contributed by atoms with Gasteiger partial charge in [-0.05, 0) is 54.4 Å². The van der Waals surface area contributed by atoms with E-state index in [1.54, 1.807) is 13.2 Å². The van der Waals surface area contributed by atoms with Crippen LogP contribution in [0.2, 0.25) is 0 Å². The van der Waals surface area contributed by atoms with Gasteiger partial charge in [0.25, 0.3) is 0 Å². The summed E-state index contributed by atoms with van der Waals surface area (Å²) in [5, 5.41) is 3.40. The lowest BCUT2D eigenvalue weighted by Gasteiger charge is -2.34. The van der Waals surface area contributed by atoms with Gasteiger partial charge in [0.1, 0.15) is 5.82 Å². The van der Waals surface area contributed by atoms with Crippen LogP contribution >= 0.6 is 15.9 Å². The number of likely N-dealkylation sites (N-methyl/N-ethyl adjacent to an activating group) is 1. The summed E-state index contributed by atoms with van der Waals surface area (Å²) < 4.78 is 19.6. The monoisotopic (exact) mass is 317 g/mol. The normalized spacial score (nSPS) is 13.7.